The van der Waals surface area contributed by atoms with E-state index >= 15 is 0 Å². The summed E-state index contributed by atoms with van der Waals surface area (Å²) in [6.45, 7) is 2.25. The smallest absolute Gasteiger partial charge is 0.0328 e. The first kappa shape index (κ1) is 10.3. The van der Waals surface area contributed by atoms with Crippen LogP contribution in [0.4, 0.5) is 0 Å². The van der Waals surface area contributed by atoms with Crippen molar-refractivity contribution in [3.05, 3.63) is 34.9 Å². The van der Waals surface area contributed by atoms with E-state index in [1.165, 1.54) is 44.1 Å². The minimum Gasteiger partial charge on any atom is -0.307 e. The highest BCUT2D eigenvalue weighted by Crippen LogP contribution is 2.34. The first-order chi connectivity index (χ1) is 7.84. The van der Waals surface area contributed by atoms with Crippen molar-refractivity contribution in [1.82, 2.24) is 5.32 Å². The second kappa shape index (κ2) is 4.21. The molecule has 1 aromatic rings. The molecule has 0 saturated heterocycles. The van der Waals surface area contributed by atoms with Crippen LogP contribution < -0.4 is 5.32 Å². The molecule has 1 fully saturated rings. The predicted molar refractivity (Wildman–Crippen MR) is 67.6 cm³/mol. The van der Waals surface area contributed by atoms with Gasteiger partial charge in [-0.15, -0.1) is 0 Å². The second-order valence-electron chi connectivity index (χ2n) is 5.38. The van der Waals surface area contributed by atoms with Gasteiger partial charge in [0.1, 0.15) is 0 Å². The van der Waals surface area contributed by atoms with Gasteiger partial charge < -0.3 is 5.32 Å². The fourth-order valence-corrected chi connectivity index (χ4v) is 3.39. The monoisotopic (exact) mass is 215 g/mol. The molecule has 3 rings (SSSR count). The Kier molecular flexibility index (Phi) is 2.72. The van der Waals surface area contributed by atoms with E-state index in [9.17, 15) is 0 Å². The third-order valence-corrected chi connectivity index (χ3v) is 4.30. The third-order valence-electron chi connectivity index (χ3n) is 4.30. The average Bonchev–Trinajstić information content (AvgIpc) is 2.90. The van der Waals surface area contributed by atoms with E-state index in [1.54, 1.807) is 11.1 Å². The topological polar surface area (TPSA) is 12.0 Å². The molecule has 0 aliphatic heterocycles. The molecule has 0 heterocycles. The summed E-state index contributed by atoms with van der Waals surface area (Å²) in [6, 6.07) is 8.20. The zero-order valence-electron chi connectivity index (χ0n) is 10.1. The fourth-order valence-electron chi connectivity index (χ4n) is 3.39. The lowest BCUT2D eigenvalue weighted by atomic mass is 10.0. The zero-order chi connectivity index (χ0) is 11.0. The van der Waals surface area contributed by atoms with Gasteiger partial charge in [0.2, 0.25) is 0 Å². The summed E-state index contributed by atoms with van der Waals surface area (Å²) in [5, 5.41) is 3.86. The summed E-state index contributed by atoms with van der Waals surface area (Å²) in [7, 11) is 0. The molecule has 86 valence electrons. The molecule has 1 saturated carbocycles. The Balaban J connectivity index is 1.78. The number of aryl methyl sites for hydroxylation is 1. The molecule has 0 radical (unpaired) electrons. The molecule has 0 bridgehead atoms. The third kappa shape index (κ3) is 1.78. The van der Waals surface area contributed by atoms with Gasteiger partial charge >= 0.3 is 0 Å². The van der Waals surface area contributed by atoms with Crippen LogP contribution in [-0.2, 0) is 6.42 Å². The van der Waals surface area contributed by atoms with Crippen LogP contribution in [0.25, 0.3) is 0 Å². The van der Waals surface area contributed by atoms with E-state index in [1.807, 2.05) is 0 Å². The lowest BCUT2D eigenvalue weighted by molar-refractivity contribution is 0.438. The minimum atomic E-state index is 0.637. The van der Waals surface area contributed by atoms with E-state index < -0.39 is 0 Å². The number of nitrogens with one attached hydrogen (secondary N) is 1. The van der Waals surface area contributed by atoms with Gasteiger partial charge in [0, 0.05) is 12.1 Å². The first-order valence-electron chi connectivity index (χ1n) is 6.69. The number of benzene rings is 1. The molecule has 1 N–H and O–H groups in total. The van der Waals surface area contributed by atoms with Gasteiger partial charge in [0.05, 0.1) is 0 Å². The summed E-state index contributed by atoms with van der Waals surface area (Å²) >= 11 is 0. The van der Waals surface area contributed by atoms with Crippen LogP contribution in [0.5, 0.6) is 0 Å². The molecule has 1 heteroatoms. The number of hydrogen-bond acceptors (Lipinski definition) is 1. The Bertz CT molecular complexity index is 377. The predicted octanol–water partition coefficient (Wildman–Crippen LogP) is 3.51. The van der Waals surface area contributed by atoms with Crippen molar-refractivity contribution in [2.24, 2.45) is 0 Å². The normalized spacial score (nSPS) is 24.9. The summed E-state index contributed by atoms with van der Waals surface area (Å²) < 4.78 is 0. The van der Waals surface area contributed by atoms with Gasteiger partial charge in [-0.3, -0.25) is 0 Å². The van der Waals surface area contributed by atoms with Crippen molar-refractivity contribution < 1.29 is 0 Å². The maximum Gasteiger partial charge on any atom is 0.0328 e. The number of hydrogen-bond donors (Lipinski definition) is 1. The number of rotatable bonds is 2. The van der Waals surface area contributed by atoms with E-state index in [0.29, 0.717) is 6.04 Å². The van der Waals surface area contributed by atoms with Crippen molar-refractivity contribution >= 4 is 0 Å². The van der Waals surface area contributed by atoms with Crippen molar-refractivity contribution in [3.63, 3.8) is 0 Å². The maximum absolute atomic E-state index is 3.86. The van der Waals surface area contributed by atoms with Crippen molar-refractivity contribution in [2.45, 2.75) is 57.5 Å². The van der Waals surface area contributed by atoms with Gasteiger partial charge in [0.15, 0.2) is 0 Å². The molecule has 1 nitrogen and oxygen atoms in total. The SMILES string of the molecule is Cc1cccc2c1CCC2NC1CCCC1. The van der Waals surface area contributed by atoms with Crippen LogP contribution >= 0.6 is 0 Å². The van der Waals surface area contributed by atoms with Crippen LogP contribution in [0.3, 0.4) is 0 Å². The van der Waals surface area contributed by atoms with Gasteiger partial charge in [-0.05, 0) is 49.3 Å². The highest BCUT2D eigenvalue weighted by molar-refractivity contribution is 5.40. The molecule has 16 heavy (non-hydrogen) atoms. The van der Waals surface area contributed by atoms with Crippen LogP contribution in [0.15, 0.2) is 18.2 Å². The van der Waals surface area contributed by atoms with Gasteiger partial charge in [-0.2, -0.15) is 0 Å². The first-order valence-corrected chi connectivity index (χ1v) is 6.69. The summed E-state index contributed by atoms with van der Waals surface area (Å²) in [5.74, 6) is 0. The lowest BCUT2D eigenvalue weighted by Gasteiger charge is -2.19. The molecule has 1 aromatic carbocycles. The molecular weight excluding hydrogens is 194 g/mol. The van der Waals surface area contributed by atoms with Gasteiger partial charge in [-0.25, -0.2) is 0 Å². The van der Waals surface area contributed by atoms with Gasteiger partial charge in [0.25, 0.3) is 0 Å². The molecule has 0 aromatic heterocycles. The quantitative estimate of drug-likeness (QED) is 0.796. The van der Waals surface area contributed by atoms with Crippen LogP contribution in [0.2, 0.25) is 0 Å². The van der Waals surface area contributed by atoms with Crippen molar-refractivity contribution in [3.8, 4) is 0 Å². The molecule has 2 aliphatic carbocycles. The van der Waals surface area contributed by atoms with Crippen molar-refractivity contribution in [2.75, 3.05) is 0 Å². The average molecular weight is 215 g/mol. The Labute approximate surface area is 98.3 Å². The standard InChI is InChI=1S/C15H21N/c1-11-5-4-8-14-13(11)9-10-15(14)16-12-6-2-3-7-12/h4-5,8,12,15-16H,2-3,6-7,9-10H2,1H3. The van der Waals surface area contributed by atoms with E-state index in [-0.39, 0.29) is 0 Å². The number of fused-ring (bicyclic) bond motifs is 1. The van der Waals surface area contributed by atoms with E-state index in [4.69, 9.17) is 0 Å². The molecule has 1 atom stereocenters. The van der Waals surface area contributed by atoms with Crippen LogP contribution in [0.1, 0.15) is 54.8 Å². The maximum atomic E-state index is 3.86. The molecule has 2 aliphatic rings. The largest absolute Gasteiger partial charge is 0.307 e. The second-order valence-corrected chi connectivity index (χ2v) is 5.38. The zero-order valence-corrected chi connectivity index (χ0v) is 10.1. The van der Waals surface area contributed by atoms with E-state index in [0.717, 1.165) is 6.04 Å². The Morgan fingerprint density at radius 2 is 1.94 bits per heavy atom. The highest BCUT2D eigenvalue weighted by atomic mass is 15.0. The van der Waals surface area contributed by atoms with Crippen molar-refractivity contribution in [1.29, 1.82) is 0 Å². The van der Waals surface area contributed by atoms with Gasteiger partial charge in [-0.1, -0.05) is 31.0 Å². The highest BCUT2D eigenvalue weighted by Gasteiger charge is 2.26. The summed E-state index contributed by atoms with van der Waals surface area (Å²) in [6.07, 6.45) is 8.19. The van der Waals surface area contributed by atoms with Crippen LogP contribution in [-0.4, -0.2) is 6.04 Å². The minimum absolute atomic E-state index is 0.637. The molecule has 0 amide bonds. The Hall–Kier alpha value is -0.820. The van der Waals surface area contributed by atoms with Crippen LogP contribution in [0, 0.1) is 6.92 Å². The molecular formula is C15H21N. The summed E-state index contributed by atoms with van der Waals surface area (Å²) in [5.41, 5.74) is 4.66. The molecule has 0 spiro atoms. The lowest BCUT2D eigenvalue weighted by Crippen LogP contribution is -2.29. The summed E-state index contributed by atoms with van der Waals surface area (Å²) in [4.78, 5) is 0. The Morgan fingerprint density at radius 1 is 1.12 bits per heavy atom. The fraction of sp³-hybridized carbons (Fsp3) is 0.600. The Morgan fingerprint density at radius 3 is 2.75 bits per heavy atom. The van der Waals surface area contributed by atoms with E-state index in [2.05, 4.69) is 30.4 Å². The molecule has 1 unspecified atom stereocenters.